The fourth-order valence-electron chi connectivity index (χ4n) is 1.18. The Balaban J connectivity index is 2.57. The van der Waals surface area contributed by atoms with E-state index in [1.807, 2.05) is 0 Å². The minimum atomic E-state index is 0.544. The summed E-state index contributed by atoms with van der Waals surface area (Å²) in [5.41, 5.74) is 1.90. The molecule has 0 aromatic carbocycles. The van der Waals surface area contributed by atoms with Crippen LogP contribution in [0.15, 0.2) is 37.1 Å². The van der Waals surface area contributed by atoms with E-state index in [2.05, 4.69) is 15.0 Å². The van der Waals surface area contributed by atoms with Gasteiger partial charge < -0.3 is 0 Å². The van der Waals surface area contributed by atoms with E-state index < -0.39 is 0 Å². The van der Waals surface area contributed by atoms with Gasteiger partial charge in [-0.3, -0.25) is 9.78 Å². The number of nitrogens with zero attached hydrogens (tertiary/aromatic N) is 3. The molecular formula is C10H7N3O. The lowest BCUT2D eigenvalue weighted by Crippen LogP contribution is -1.91. The van der Waals surface area contributed by atoms with E-state index in [0.29, 0.717) is 11.3 Å². The zero-order valence-corrected chi connectivity index (χ0v) is 7.29. The van der Waals surface area contributed by atoms with Crippen molar-refractivity contribution >= 4 is 6.29 Å². The third-order valence-electron chi connectivity index (χ3n) is 1.80. The van der Waals surface area contributed by atoms with Crippen molar-refractivity contribution in [2.75, 3.05) is 0 Å². The molecule has 2 rings (SSSR count). The number of rotatable bonds is 2. The van der Waals surface area contributed by atoms with Gasteiger partial charge in [0, 0.05) is 29.7 Å². The molecular weight excluding hydrogens is 178 g/mol. The number of aromatic nitrogens is 3. The van der Waals surface area contributed by atoms with Gasteiger partial charge in [0.25, 0.3) is 0 Å². The second-order valence-electron chi connectivity index (χ2n) is 2.69. The minimum Gasteiger partial charge on any atom is -0.298 e. The van der Waals surface area contributed by atoms with Gasteiger partial charge in [-0.15, -0.1) is 0 Å². The van der Waals surface area contributed by atoms with Crippen molar-refractivity contribution in [3.05, 3.63) is 42.6 Å². The predicted octanol–water partition coefficient (Wildman–Crippen LogP) is 1.35. The molecule has 0 radical (unpaired) electrons. The summed E-state index contributed by atoms with van der Waals surface area (Å²) in [6, 6.07) is 3.43. The number of aldehydes is 1. The number of pyridine rings is 1. The molecule has 0 aliphatic heterocycles. The lowest BCUT2D eigenvalue weighted by atomic mass is 10.1. The monoisotopic (exact) mass is 185 g/mol. The third kappa shape index (κ3) is 1.50. The summed E-state index contributed by atoms with van der Waals surface area (Å²) >= 11 is 0. The van der Waals surface area contributed by atoms with Gasteiger partial charge in [0.05, 0.1) is 5.69 Å². The first kappa shape index (κ1) is 8.50. The molecule has 0 unspecified atom stereocenters. The third-order valence-corrected chi connectivity index (χ3v) is 1.80. The van der Waals surface area contributed by atoms with Crippen molar-refractivity contribution in [3.8, 4) is 11.3 Å². The fourth-order valence-corrected chi connectivity index (χ4v) is 1.18. The highest BCUT2D eigenvalue weighted by Crippen LogP contribution is 2.17. The molecule has 0 saturated heterocycles. The maximum atomic E-state index is 10.7. The standard InChI is InChI=1S/C10H7N3O/c14-6-8-2-1-3-13-10(8)9-4-11-7-12-5-9/h1-7H. The van der Waals surface area contributed by atoms with Crippen molar-refractivity contribution in [3.63, 3.8) is 0 Å². The van der Waals surface area contributed by atoms with E-state index in [4.69, 9.17) is 0 Å². The Kier molecular flexibility index (Phi) is 2.27. The first-order valence-corrected chi connectivity index (χ1v) is 4.07. The van der Waals surface area contributed by atoms with Gasteiger partial charge in [-0.2, -0.15) is 0 Å². The highest BCUT2D eigenvalue weighted by atomic mass is 16.1. The average molecular weight is 185 g/mol. The van der Waals surface area contributed by atoms with Crippen LogP contribution in [0.3, 0.4) is 0 Å². The van der Waals surface area contributed by atoms with Crippen LogP contribution in [0.25, 0.3) is 11.3 Å². The molecule has 2 aromatic rings. The Morgan fingerprint density at radius 1 is 1.21 bits per heavy atom. The summed E-state index contributed by atoms with van der Waals surface area (Å²) in [6.45, 7) is 0. The Morgan fingerprint density at radius 2 is 2.00 bits per heavy atom. The molecule has 0 amide bonds. The molecule has 0 atom stereocenters. The highest BCUT2D eigenvalue weighted by molar-refractivity contribution is 5.84. The van der Waals surface area contributed by atoms with Crippen LogP contribution in [-0.4, -0.2) is 21.2 Å². The number of hydrogen-bond acceptors (Lipinski definition) is 4. The summed E-state index contributed by atoms with van der Waals surface area (Å²) in [7, 11) is 0. The van der Waals surface area contributed by atoms with E-state index >= 15 is 0 Å². The zero-order valence-electron chi connectivity index (χ0n) is 7.29. The maximum absolute atomic E-state index is 10.7. The molecule has 0 spiro atoms. The van der Waals surface area contributed by atoms with Gasteiger partial charge in [0.1, 0.15) is 6.33 Å². The van der Waals surface area contributed by atoms with E-state index in [-0.39, 0.29) is 0 Å². The van der Waals surface area contributed by atoms with E-state index in [0.717, 1.165) is 11.8 Å². The van der Waals surface area contributed by atoms with Crippen molar-refractivity contribution < 1.29 is 4.79 Å². The predicted molar refractivity (Wildman–Crippen MR) is 50.7 cm³/mol. The fraction of sp³-hybridized carbons (Fsp3) is 0. The largest absolute Gasteiger partial charge is 0.298 e. The van der Waals surface area contributed by atoms with Crippen molar-refractivity contribution in [1.82, 2.24) is 15.0 Å². The zero-order chi connectivity index (χ0) is 9.80. The van der Waals surface area contributed by atoms with Gasteiger partial charge >= 0.3 is 0 Å². The van der Waals surface area contributed by atoms with E-state index in [9.17, 15) is 4.79 Å². The number of carbonyl (C=O) groups is 1. The van der Waals surface area contributed by atoms with Crippen LogP contribution >= 0.6 is 0 Å². The van der Waals surface area contributed by atoms with E-state index in [1.54, 1.807) is 30.7 Å². The minimum absolute atomic E-state index is 0.544. The summed E-state index contributed by atoms with van der Waals surface area (Å²) < 4.78 is 0. The van der Waals surface area contributed by atoms with Crippen molar-refractivity contribution in [2.45, 2.75) is 0 Å². The second-order valence-corrected chi connectivity index (χ2v) is 2.69. The second kappa shape index (κ2) is 3.74. The molecule has 0 N–H and O–H groups in total. The van der Waals surface area contributed by atoms with Crippen LogP contribution in [0.2, 0.25) is 0 Å². The van der Waals surface area contributed by atoms with Crippen LogP contribution in [0, 0.1) is 0 Å². The van der Waals surface area contributed by atoms with Crippen LogP contribution < -0.4 is 0 Å². The van der Waals surface area contributed by atoms with Crippen LogP contribution in [0.5, 0.6) is 0 Å². The SMILES string of the molecule is O=Cc1cccnc1-c1cncnc1. The highest BCUT2D eigenvalue weighted by Gasteiger charge is 2.04. The lowest BCUT2D eigenvalue weighted by Gasteiger charge is -2.00. The molecule has 0 saturated carbocycles. The topological polar surface area (TPSA) is 55.7 Å². The molecule has 2 heterocycles. The summed E-state index contributed by atoms with van der Waals surface area (Å²) in [6.07, 6.45) is 7.10. The molecule has 14 heavy (non-hydrogen) atoms. The Bertz CT molecular complexity index is 442. The van der Waals surface area contributed by atoms with Crippen LogP contribution in [0.4, 0.5) is 0 Å². The Labute approximate surface area is 80.7 Å². The molecule has 0 fully saturated rings. The smallest absolute Gasteiger partial charge is 0.152 e. The van der Waals surface area contributed by atoms with Crippen LogP contribution in [-0.2, 0) is 0 Å². The Hall–Kier alpha value is -2.10. The molecule has 2 aromatic heterocycles. The Morgan fingerprint density at radius 3 is 2.71 bits per heavy atom. The van der Waals surface area contributed by atoms with Gasteiger partial charge in [0.2, 0.25) is 0 Å². The molecule has 0 aliphatic carbocycles. The van der Waals surface area contributed by atoms with Crippen LogP contribution in [0.1, 0.15) is 10.4 Å². The summed E-state index contributed by atoms with van der Waals surface area (Å²) in [4.78, 5) is 22.6. The van der Waals surface area contributed by atoms with Crippen molar-refractivity contribution in [2.24, 2.45) is 0 Å². The molecule has 68 valence electrons. The first-order valence-electron chi connectivity index (χ1n) is 4.07. The maximum Gasteiger partial charge on any atom is 0.152 e. The molecule has 4 heteroatoms. The normalized spacial score (nSPS) is 9.71. The molecule has 0 bridgehead atoms. The molecule has 4 nitrogen and oxygen atoms in total. The van der Waals surface area contributed by atoms with Gasteiger partial charge in [-0.05, 0) is 12.1 Å². The van der Waals surface area contributed by atoms with Gasteiger partial charge in [0.15, 0.2) is 6.29 Å². The lowest BCUT2D eigenvalue weighted by molar-refractivity contribution is 0.112. The van der Waals surface area contributed by atoms with Gasteiger partial charge in [-0.1, -0.05) is 0 Å². The average Bonchev–Trinajstić information content (AvgIpc) is 2.30. The van der Waals surface area contributed by atoms with E-state index in [1.165, 1.54) is 6.33 Å². The molecule has 0 aliphatic rings. The number of carbonyl (C=O) groups excluding carboxylic acids is 1. The van der Waals surface area contributed by atoms with Crippen molar-refractivity contribution in [1.29, 1.82) is 0 Å². The first-order chi connectivity index (χ1) is 6.92. The summed E-state index contributed by atoms with van der Waals surface area (Å²) in [5.74, 6) is 0. The summed E-state index contributed by atoms with van der Waals surface area (Å²) in [5, 5.41) is 0. The number of hydrogen-bond donors (Lipinski definition) is 0. The van der Waals surface area contributed by atoms with Gasteiger partial charge in [-0.25, -0.2) is 9.97 Å². The quantitative estimate of drug-likeness (QED) is 0.662.